The van der Waals surface area contributed by atoms with Crippen molar-refractivity contribution in [2.75, 3.05) is 0 Å². The van der Waals surface area contributed by atoms with Crippen molar-refractivity contribution in [2.24, 2.45) is 5.73 Å². The minimum atomic E-state index is 0.131. The van der Waals surface area contributed by atoms with Crippen LogP contribution in [0.1, 0.15) is 12.5 Å². The highest BCUT2D eigenvalue weighted by Gasteiger charge is 2.08. The highest BCUT2D eigenvalue weighted by atomic mass is 35.5. The second-order valence-electron chi connectivity index (χ2n) is 5.07. The van der Waals surface area contributed by atoms with Crippen LogP contribution in [0.3, 0.4) is 0 Å². The lowest BCUT2D eigenvalue weighted by molar-refractivity contribution is 0.738. The maximum Gasteiger partial charge on any atom is 0.100 e. The van der Waals surface area contributed by atoms with E-state index >= 15 is 0 Å². The first kappa shape index (κ1) is 13.2. The van der Waals surface area contributed by atoms with E-state index < -0.39 is 0 Å². The predicted octanol–water partition coefficient (Wildman–Crippen LogP) is 3.57. The Morgan fingerprint density at radius 3 is 2.80 bits per heavy atom. The Hall–Kier alpha value is -1.84. The smallest absolute Gasteiger partial charge is 0.100 e. The third kappa shape index (κ3) is 2.42. The zero-order chi connectivity index (χ0) is 14.1. The summed E-state index contributed by atoms with van der Waals surface area (Å²) in [7, 11) is 0. The molecule has 0 saturated carbocycles. The fraction of sp³-hybridized carbons (Fsp3) is 0.188. The van der Waals surface area contributed by atoms with Crippen molar-refractivity contribution in [3.05, 3.63) is 59.4 Å². The molecule has 0 aliphatic rings. The van der Waals surface area contributed by atoms with Gasteiger partial charge in [0.15, 0.2) is 0 Å². The standard InChI is InChI=1S/C16H16ClN3/c1-11(18)8-12-6-7-15(13(17)9-12)20-10-19-14-4-2-3-5-16(14)20/h2-7,9-11H,8,18H2,1H3. The predicted molar refractivity (Wildman–Crippen MR) is 83.4 cm³/mol. The zero-order valence-electron chi connectivity index (χ0n) is 11.3. The van der Waals surface area contributed by atoms with Crippen molar-refractivity contribution in [3.63, 3.8) is 0 Å². The number of rotatable bonds is 3. The van der Waals surface area contributed by atoms with E-state index in [0.717, 1.165) is 28.7 Å². The number of benzene rings is 2. The number of halogens is 1. The number of imidazole rings is 1. The Morgan fingerprint density at radius 1 is 1.25 bits per heavy atom. The molecule has 2 N–H and O–H groups in total. The number of para-hydroxylation sites is 2. The SMILES string of the molecule is CC(N)Cc1ccc(-n2cnc3ccccc32)c(Cl)c1. The summed E-state index contributed by atoms with van der Waals surface area (Å²) in [5, 5.41) is 0.714. The van der Waals surface area contributed by atoms with Gasteiger partial charge in [-0.05, 0) is 43.2 Å². The number of fused-ring (bicyclic) bond motifs is 1. The number of aromatic nitrogens is 2. The summed E-state index contributed by atoms with van der Waals surface area (Å²) in [5.41, 5.74) is 9.92. The minimum Gasteiger partial charge on any atom is -0.328 e. The second kappa shape index (κ2) is 5.27. The van der Waals surface area contributed by atoms with Gasteiger partial charge in [-0.15, -0.1) is 0 Å². The van der Waals surface area contributed by atoms with Crippen LogP contribution in [0.5, 0.6) is 0 Å². The summed E-state index contributed by atoms with van der Waals surface area (Å²) >= 11 is 6.42. The summed E-state index contributed by atoms with van der Waals surface area (Å²) < 4.78 is 2.01. The van der Waals surface area contributed by atoms with E-state index in [1.807, 2.05) is 47.9 Å². The molecular formula is C16H16ClN3. The monoisotopic (exact) mass is 285 g/mol. The molecule has 0 amide bonds. The van der Waals surface area contributed by atoms with Crippen LogP contribution in [0.15, 0.2) is 48.8 Å². The van der Waals surface area contributed by atoms with Crippen molar-refractivity contribution < 1.29 is 0 Å². The van der Waals surface area contributed by atoms with Crippen LogP contribution in [0.25, 0.3) is 16.7 Å². The summed E-state index contributed by atoms with van der Waals surface area (Å²) in [4.78, 5) is 4.39. The fourth-order valence-corrected chi connectivity index (χ4v) is 2.69. The zero-order valence-corrected chi connectivity index (χ0v) is 12.0. The van der Waals surface area contributed by atoms with Gasteiger partial charge in [-0.1, -0.05) is 29.8 Å². The van der Waals surface area contributed by atoms with Gasteiger partial charge in [0.05, 0.1) is 21.7 Å². The molecule has 1 unspecified atom stereocenters. The number of nitrogens with two attached hydrogens (primary N) is 1. The van der Waals surface area contributed by atoms with E-state index in [2.05, 4.69) is 11.1 Å². The maximum atomic E-state index is 6.42. The molecule has 102 valence electrons. The van der Waals surface area contributed by atoms with Crippen LogP contribution in [-0.2, 0) is 6.42 Å². The molecular weight excluding hydrogens is 270 g/mol. The first-order chi connectivity index (χ1) is 9.65. The lowest BCUT2D eigenvalue weighted by Crippen LogP contribution is -2.17. The topological polar surface area (TPSA) is 43.8 Å². The van der Waals surface area contributed by atoms with E-state index in [1.54, 1.807) is 6.33 Å². The van der Waals surface area contributed by atoms with Crippen LogP contribution >= 0.6 is 11.6 Å². The molecule has 0 aliphatic carbocycles. The number of hydrogen-bond donors (Lipinski definition) is 1. The van der Waals surface area contributed by atoms with Crippen molar-refractivity contribution in [1.82, 2.24) is 9.55 Å². The third-order valence-corrected chi connectivity index (χ3v) is 3.59. The molecule has 3 aromatic rings. The molecule has 2 aromatic carbocycles. The first-order valence-corrected chi connectivity index (χ1v) is 6.99. The Labute approximate surface area is 123 Å². The Kier molecular flexibility index (Phi) is 3.47. The van der Waals surface area contributed by atoms with Gasteiger partial charge in [0.2, 0.25) is 0 Å². The Balaban J connectivity index is 2.06. The summed E-state index contributed by atoms with van der Waals surface area (Å²) in [6.45, 7) is 1.99. The molecule has 3 rings (SSSR count). The van der Waals surface area contributed by atoms with Crippen LogP contribution < -0.4 is 5.73 Å². The van der Waals surface area contributed by atoms with Gasteiger partial charge in [-0.2, -0.15) is 0 Å². The molecule has 1 atom stereocenters. The van der Waals surface area contributed by atoms with E-state index in [-0.39, 0.29) is 6.04 Å². The van der Waals surface area contributed by atoms with Crippen LogP contribution in [-0.4, -0.2) is 15.6 Å². The van der Waals surface area contributed by atoms with Gasteiger partial charge >= 0.3 is 0 Å². The van der Waals surface area contributed by atoms with Crippen molar-refractivity contribution >= 4 is 22.6 Å². The molecule has 20 heavy (non-hydrogen) atoms. The molecule has 1 aromatic heterocycles. The average Bonchev–Trinajstić information content (AvgIpc) is 2.82. The number of nitrogens with zero attached hydrogens (tertiary/aromatic N) is 2. The Bertz CT molecular complexity index is 746. The first-order valence-electron chi connectivity index (χ1n) is 6.61. The molecule has 4 heteroatoms. The van der Waals surface area contributed by atoms with E-state index in [9.17, 15) is 0 Å². The molecule has 1 heterocycles. The lowest BCUT2D eigenvalue weighted by Gasteiger charge is -2.10. The van der Waals surface area contributed by atoms with Crippen molar-refractivity contribution in [2.45, 2.75) is 19.4 Å². The van der Waals surface area contributed by atoms with E-state index in [4.69, 9.17) is 17.3 Å². The third-order valence-electron chi connectivity index (χ3n) is 3.28. The lowest BCUT2D eigenvalue weighted by atomic mass is 10.1. The molecule has 0 fully saturated rings. The largest absolute Gasteiger partial charge is 0.328 e. The maximum absolute atomic E-state index is 6.42. The number of hydrogen-bond acceptors (Lipinski definition) is 2. The van der Waals surface area contributed by atoms with E-state index in [1.165, 1.54) is 0 Å². The van der Waals surface area contributed by atoms with Gasteiger partial charge in [0.25, 0.3) is 0 Å². The van der Waals surface area contributed by atoms with E-state index in [0.29, 0.717) is 5.02 Å². The van der Waals surface area contributed by atoms with Gasteiger partial charge < -0.3 is 5.73 Å². The quantitative estimate of drug-likeness (QED) is 0.799. The van der Waals surface area contributed by atoms with Crippen molar-refractivity contribution in [1.29, 1.82) is 0 Å². The molecule has 0 aliphatic heterocycles. The highest BCUT2D eigenvalue weighted by molar-refractivity contribution is 6.32. The fourth-order valence-electron chi connectivity index (χ4n) is 2.40. The van der Waals surface area contributed by atoms with Gasteiger partial charge in [-0.3, -0.25) is 4.57 Å². The molecule has 0 saturated heterocycles. The van der Waals surface area contributed by atoms with Crippen LogP contribution in [0, 0.1) is 0 Å². The summed E-state index contributed by atoms with van der Waals surface area (Å²) in [6, 6.07) is 14.2. The van der Waals surface area contributed by atoms with Gasteiger partial charge in [-0.25, -0.2) is 4.98 Å². The summed E-state index contributed by atoms with van der Waals surface area (Å²) in [5.74, 6) is 0. The van der Waals surface area contributed by atoms with Gasteiger partial charge in [0, 0.05) is 6.04 Å². The molecule has 3 nitrogen and oxygen atoms in total. The molecule has 0 spiro atoms. The van der Waals surface area contributed by atoms with Crippen LogP contribution in [0.4, 0.5) is 0 Å². The summed E-state index contributed by atoms with van der Waals surface area (Å²) in [6.07, 6.45) is 2.63. The highest BCUT2D eigenvalue weighted by Crippen LogP contribution is 2.26. The average molecular weight is 286 g/mol. The molecule has 0 bridgehead atoms. The minimum absolute atomic E-state index is 0.131. The van der Waals surface area contributed by atoms with Crippen LogP contribution in [0.2, 0.25) is 5.02 Å². The Morgan fingerprint density at radius 2 is 2.05 bits per heavy atom. The molecule has 0 radical (unpaired) electrons. The van der Waals surface area contributed by atoms with Gasteiger partial charge in [0.1, 0.15) is 6.33 Å². The normalized spacial score (nSPS) is 12.8. The van der Waals surface area contributed by atoms with Crippen molar-refractivity contribution in [3.8, 4) is 5.69 Å². The second-order valence-corrected chi connectivity index (χ2v) is 5.48.